The third-order valence-corrected chi connectivity index (χ3v) is 4.25. The fourth-order valence-corrected chi connectivity index (χ4v) is 2.60. The second-order valence-corrected chi connectivity index (χ2v) is 7.25. The summed E-state index contributed by atoms with van der Waals surface area (Å²) in [5.41, 5.74) is 2.65. The SMILES string of the molecule is COc1cc(C(C)NC(=O)c2ccc(N(C)C)cc2)ccc1OCC(C)C. The highest BCUT2D eigenvalue weighted by atomic mass is 16.5. The summed E-state index contributed by atoms with van der Waals surface area (Å²) in [6, 6.07) is 13.1. The highest BCUT2D eigenvalue weighted by molar-refractivity contribution is 5.94. The Morgan fingerprint density at radius 2 is 1.70 bits per heavy atom. The van der Waals surface area contributed by atoms with Gasteiger partial charge >= 0.3 is 0 Å². The van der Waals surface area contributed by atoms with E-state index in [0.29, 0.717) is 29.6 Å². The average Bonchev–Trinajstić information content (AvgIpc) is 2.66. The lowest BCUT2D eigenvalue weighted by Gasteiger charge is -2.18. The Labute approximate surface area is 162 Å². The van der Waals surface area contributed by atoms with E-state index in [1.54, 1.807) is 7.11 Å². The van der Waals surface area contributed by atoms with Crippen molar-refractivity contribution < 1.29 is 14.3 Å². The molecule has 1 amide bonds. The normalized spacial score (nSPS) is 11.8. The Hall–Kier alpha value is -2.69. The molecule has 0 fully saturated rings. The standard InChI is InChI=1S/C22H30N2O3/c1-15(2)14-27-20-12-9-18(13-21(20)26-6)16(3)23-22(25)17-7-10-19(11-8-17)24(4)5/h7-13,15-16H,14H2,1-6H3,(H,23,25). The Kier molecular flexibility index (Phi) is 7.11. The molecule has 0 saturated carbocycles. The minimum absolute atomic E-state index is 0.105. The number of rotatable bonds is 8. The van der Waals surface area contributed by atoms with Crippen molar-refractivity contribution in [3.8, 4) is 11.5 Å². The molecule has 0 aliphatic heterocycles. The van der Waals surface area contributed by atoms with Crippen LogP contribution in [0.15, 0.2) is 42.5 Å². The molecule has 0 heterocycles. The molecule has 0 bridgehead atoms. The first-order valence-corrected chi connectivity index (χ1v) is 9.20. The van der Waals surface area contributed by atoms with Crippen LogP contribution in [0.2, 0.25) is 0 Å². The Balaban J connectivity index is 2.08. The van der Waals surface area contributed by atoms with Gasteiger partial charge in [-0.15, -0.1) is 0 Å². The van der Waals surface area contributed by atoms with Crippen LogP contribution < -0.4 is 19.7 Å². The quantitative estimate of drug-likeness (QED) is 0.753. The molecule has 2 aromatic carbocycles. The van der Waals surface area contributed by atoms with Crippen molar-refractivity contribution in [3.63, 3.8) is 0 Å². The lowest BCUT2D eigenvalue weighted by molar-refractivity contribution is 0.0940. The number of nitrogens with one attached hydrogen (secondary N) is 1. The summed E-state index contributed by atoms with van der Waals surface area (Å²) in [4.78, 5) is 14.5. The van der Waals surface area contributed by atoms with E-state index in [4.69, 9.17) is 9.47 Å². The Morgan fingerprint density at radius 1 is 1.04 bits per heavy atom. The second-order valence-electron chi connectivity index (χ2n) is 7.25. The minimum Gasteiger partial charge on any atom is -0.493 e. The van der Waals surface area contributed by atoms with Gasteiger partial charge in [0, 0.05) is 25.3 Å². The summed E-state index contributed by atoms with van der Waals surface area (Å²) in [6.45, 7) is 6.79. The summed E-state index contributed by atoms with van der Waals surface area (Å²) in [5, 5.41) is 3.03. The van der Waals surface area contributed by atoms with Gasteiger partial charge in [-0.2, -0.15) is 0 Å². The molecule has 0 aromatic heterocycles. The van der Waals surface area contributed by atoms with Crippen LogP contribution >= 0.6 is 0 Å². The fraction of sp³-hybridized carbons (Fsp3) is 0.409. The molecule has 0 radical (unpaired) electrons. The van der Waals surface area contributed by atoms with E-state index in [-0.39, 0.29) is 11.9 Å². The Bertz CT molecular complexity index is 755. The van der Waals surface area contributed by atoms with Crippen LogP contribution in [0.1, 0.15) is 42.7 Å². The minimum atomic E-state index is -0.154. The molecule has 0 spiro atoms. The van der Waals surface area contributed by atoms with Crippen LogP contribution in [-0.2, 0) is 0 Å². The third-order valence-electron chi connectivity index (χ3n) is 4.25. The number of anilines is 1. The molecular weight excluding hydrogens is 340 g/mol. The number of nitrogens with zero attached hydrogens (tertiary/aromatic N) is 1. The van der Waals surface area contributed by atoms with Gasteiger partial charge in [-0.05, 0) is 54.8 Å². The predicted molar refractivity (Wildman–Crippen MR) is 110 cm³/mol. The molecule has 0 saturated heterocycles. The Morgan fingerprint density at radius 3 is 2.26 bits per heavy atom. The van der Waals surface area contributed by atoms with Gasteiger partial charge in [-0.3, -0.25) is 4.79 Å². The lowest BCUT2D eigenvalue weighted by atomic mass is 10.1. The van der Waals surface area contributed by atoms with Crippen molar-refractivity contribution >= 4 is 11.6 Å². The van der Waals surface area contributed by atoms with E-state index in [1.807, 2.05) is 68.4 Å². The first-order chi connectivity index (χ1) is 12.8. The number of ether oxygens (including phenoxy) is 2. The molecule has 5 heteroatoms. The van der Waals surface area contributed by atoms with Crippen LogP contribution in [-0.4, -0.2) is 33.7 Å². The van der Waals surface area contributed by atoms with Crippen LogP contribution in [0.5, 0.6) is 11.5 Å². The summed E-state index contributed by atoms with van der Waals surface area (Å²) >= 11 is 0. The molecule has 1 unspecified atom stereocenters. The molecule has 0 aliphatic rings. The number of methoxy groups -OCH3 is 1. The van der Waals surface area contributed by atoms with Gasteiger partial charge in [-0.25, -0.2) is 0 Å². The number of amides is 1. The molecule has 1 N–H and O–H groups in total. The smallest absolute Gasteiger partial charge is 0.251 e. The molecule has 27 heavy (non-hydrogen) atoms. The van der Waals surface area contributed by atoms with Crippen LogP contribution in [0.25, 0.3) is 0 Å². The predicted octanol–water partition coefficient (Wildman–Crippen LogP) is 4.29. The van der Waals surface area contributed by atoms with Crippen molar-refractivity contribution in [2.24, 2.45) is 5.92 Å². The maximum atomic E-state index is 12.5. The zero-order chi connectivity index (χ0) is 20.0. The average molecular weight is 370 g/mol. The van der Waals surface area contributed by atoms with Crippen molar-refractivity contribution in [1.82, 2.24) is 5.32 Å². The van der Waals surface area contributed by atoms with Gasteiger partial charge in [-0.1, -0.05) is 19.9 Å². The lowest BCUT2D eigenvalue weighted by Crippen LogP contribution is -2.26. The van der Waals surface area contributed by atoms with Gasteiger partial charge in [0.25, 0.3) is 5.91 Å². The molecular formula is C22H30N2O3. The van der Waals surface area contributed by atoms with Crippen molar-refractivity contribution in [3.05, 3.63) is 53.6 Å². The van der Waals surface area contributed by atoms with Gasteiger partial charge in [0.2, 0.25) is 0 Å². The molecule has 1 atom stereocenters. The molecule has 2 aromatic rings. The third kappa shape index (κ3) is 5.64. The van der Waals surface area contributed by atoms with Gasteiger partial charge < -0.3 is 19.7 Å². The summed E-state index contributed by atoms with van der Waals surface area (Å²) in [5.74, 6) is 1.72. The number of hydrogen-bond donors (Lipinski definition) is 1. The van der Waals surface area contributed by atoms with Gasteiger partial charge in [0.05, 0.1) is 19.8 Å². The maximum absolute atomic E-state index is 12.5. The monoisotopic (exact) mass is 370 g/mol. The van der Waals surface area contributed by atoms with Crippen molar-refractivity contribution in [2.45, 2.75) is 26.8 Å². The molecule has 2 rings (SSSR count). The zero-order valence-electron chi connectivity index (χ0n) is 17.1. The maximum Gasteiger partial charge on any atom is 0.251 e. The summed E-state index contributed by atoms with van der Waals surface area (Å²) < 4.78 is 11.2. The first kappa shape index (κ1) is 20.6. The van der Waals surface area contributed by atoms with Gasteiger partial charge in [0.1, 0.15) is 0 Å². The summed E-state index contributed by atoms with van der Waals surface area (Å²) in [6.07, 6.45) is 0. The van der Waals surface area contributed by atoms with E-state index in [9.17, 15) is 4.79 Å². The summed E-state index contributed by atoms with van der Waals surface area (Å²) in [7, 11) is 5.56. The van der Waals surface area contributed by atoms with Crippen LogP contribution in [0, 0.1) is 5.92 Å². The highest BCUT2D eigenvalue weighted by Gasteiger charge is 2.14. The number of carbonyl (C=O) groups is 1. The number of benzene rings is 2. The van der Waals surface area contributed by atoms with E-state index in [2.05, 4.69) is 19.2 Å². The van der Waals surface area contributed by atoms with E-state index in [1.165, 1.54) is 0 Å². The van der Waals surface area contributed by atoms with Crippen molar-refractivity contribution in [2.75, 3.05) is 32.7 Å². The van der Waals surface area contributed by atoms with E-state index in [0.717, 1.165) is 11.3 Å². The molecule has 146 valence electrons. The largest absolute Gasteiger partial charge is 0.493 e. The fourth-order valence-electron chi connectivity index (χ4n) is 2.60. The van der Waals surface area contributed by atoms with E-state index < -0.39 is 0 Å². The zero-order valence-corrected chi connectivity index (χ0v) is 17.1. The van der Waals surface area contributed by atoms with E-state index >= 15 is 0 Å². The first-order valence-electron chi connectivity index (χ1n) is 9.20. The van der Waals surface area contributed by atoms with Crippen molar-refractivity contribution in [1.29, 1.82) is 0 Å². The molecule has 0 aliphatic carbocycles. The molecule has 5 nitrogen and oxygen atoms in total. The second kappa shape index (κ2) is 9.31. The van der Waals surface area contributed by atoms with Crippen LogP contribution in [0.3, 0.4) is 0 Å². The number of hydrogen-bond acceptors (Lipinski definition) is 4. The topological polar surface area (TPSA) is 50.8 Å². The van der Waals surface area contributed by atoms with Gasteiger partial charge in [0.15, 0.2) is 11.5 Å². The van der Waals surface area contributed by atoms with Crippen LogP contribution in [0.4, 0.5) is 5.69 Å². The highest BCUT2D eigenvalue weighted by Crippen LogP contribution is 2.30. The number of carbonyl (C=O) groups excluding carboxylic acids is 1.